The Morgan fingerprint density at radius 1 is 1.00 bits per heavy atom. The average molecular weight is 325 g/mol. The van der Waals surface area contributed by atoms with Gasteiger partial charge >= 0.3 is 0 Å². The fraction of sp³-hybridized carbons (Fsp3) is 0.350. The van der Waals surface area contributed by atoms with Crippen LogP contribution < -0.4 is 14.8 Å². The lowest BCUT2D eigenvalue weighted by Crippen LogP contribution is -2.27. The van der Waals surface area contributed by atoms with E-state index >= 15 is 0 Å². The Bertz CT molecular complexity index is 699. The van der Waals surface area contributed by atoms with Crippen LogP contribution in [-0.2, 0) is 4.79 Å². The zero-order valence-electron chi connectivity index (χ0n) is 14.1. The minimum absolute atomic E-state index is 0.00571. The van der Waals surface area contributed by atoms with Gasteiger partial charge in [-0.2, -0.15) is 0 Å². The van der Waals surface area contributed by atoms with Gasteiger partial charge in [0.2, 0.25) is 5.91 Å². The van der Waals surface area contributed by atoms with E-state index in [1.165, 1.54) is 0 Å². The number of carbonyl (C=O) groups is 1. The third-order valence-corrected chi connectivity index (χ3v) is 4.30. The van der Waals surface area contributed by atoms with Gasteiger partial charge in [-0.05, 0) is 36.1 Å². The minimum atomic E-state index is 0.00571. The summed E-state index contributed by atoms with van der Waals surface area (Å²) in [4.78, 5) is 12.3. The van der Waals surface area contributed by atoms with Gasteiger partial charge in [0.05, 0.1) is 6.04 Å². The molecule has 4 nitrogen and oxygen atoms in total. The quantitative estimate of drug-likeness (QED) is 0.909. The number of benzene rings is 2. The van der Waals surface area contributed by atoms with Gasteiger partial charge in [-0.1, -0.05) is 43.3 Å². The molecule has 0 radical (unpaired) electrons. The molecule has 0 bridgehead atoms. The molecule has 1 N–H and O–H groups in total. The molecule has 0 spiro atoms. The number of carbonyl (C=O) groups excluding carboxylic acids is 1. The van der Waals surface area contributed by atoms with Crippen molar-refractivity contribution in [3.8, 4) is 11.5 Å². The summed E-state index contributed by atoms with van der Waals surface area (Å²) >= 11 is 0. The first-order valence-corrected chi connectivity index (χ1v) is 8.37. The van der Waals surface area contributed by atoms with E-state index in [1.807, 2.05) is 55.5 Å². The zero-order chi connectivity index (χ0) is 16.9. The lowest BCUT2D eigenvalue weighted by atomic mass is 9.96. The van der Waals surface area contributed by atoms with Gasteiger partial charge in [-0.25, -0.2) is 0 Å². The first-order valence-electron chi connectivity index (χ1n) is 8.37. The van der Waals surface area contributed by atoms with Gasteiger partial charge in [0.25, 0.3) is 0 Å². The Hall–Kier alpha value is -2.49. The van der Waals surface area contributed by atoms with Crippen LogP contribution in [0.15, 0.2) is 48.5 Å². The third-order valence-electron chi connectivity index (χ3n) is 4.30. The van der Waals surface area contributed by atoms with Crippen molar-refractivity contribution >= 4 is 5.91 Å². The summed E-state index contributed by atoms with van der Waals surface area (Å²) in [5.74, 6) is 1.71. The Morgan fingerprint density at radius 2 is 1.71 bits per heavy atom. The predicted octanol–water partition coefficient (Wildman–Crippen LogP) is 3.83. The SMILES string of the molecule is CC(CC(=O)NC(C)c1ccccc1)c1ccc2c(c1)OCCO2. The monoisotopic (exact) mass is 325 g/mol. The number of fused-ring (bicyclic) bond motifs is 1. The number of nitrogens with one attached hydrogen (secondary N) is 1. The van der Waals surface area contributed by atoms with E-state index in [0.29, 0.717) is 19.6 Å². The Labute approximate surface area is 142 Å². The van der Waals surface area contributed by atoms with Crippen molar-refractivity contribution in [2.75, 3.05) is 13.2 Å². The summed E-state index contributed by atoms with van der Waals surface area (Å²) in [5, 5.41) is 3.06. The second kappa shape index (κ2) is 7.39. The highest BCUT2D eigenvalue weighted by Crippen LogP contribution is 2.33. The van der Waals surface area contributed by atoms with Crippen molar-refractivity contribution in [2.24, 2.45) is 0 Å². The highest BCUT2D eigenvalue weighted by Gasteiger charge is 2.17. The molecule has 2 unspecified atom stereocenters. The molecule has 0 aliphatic carbocycles. The first-order chi connectivity index (χ1) is 11.6. The van der Waals surface area contributed by atoms with Gasteiger partial charge in [-0.3, -0.25) is 4.79 Å². The maximum Gasteiger partial charge on any atom is 0.221 e. The molecule has 0 aromatic heterocycles. The molecule has 1 heterocycles. The standard InChI is InChI=1S/C20H23NO3/c1-14(17-8-9-18-19(13-17)24-11-10-23-18)12-20(22)21-15(2)16-6-4-3-5-7-16/h3-9,13-15H,10-12H2,1-2H3,(H,21,22). The van der Waals surface area contributed by atoms with Crippen LogP contribution in [0.3, 0.4) is 0 Å². The van der Waals surface area contributed by atoms with E-state index in [9.17, 15) is 4.79 Å². The maximum atomic E-state index is 12.3. The number of hydrogen-bond donors (Lipinski definition) is 1. The highest BCUT2D eigenvalue weighted by molar-refractivity contribution is 5.77. The largest absolute Gasteiger partial charge is 0.486 e. The van der Waals surface area contributed by atoms with Crippen LogP contribution in [0.25, 0.3) is 0 Å². The van der Waals surface area contributed by atoms with Crippen LogP contribution in [0.1, 0.15) is 43.4 Å². The summed E-state index contributed by atoms with van der Waals surface area (Å²) < 4.78 is 11.2. The number of ether oxygens (including phenoxy) is 2. The summed E-state index contributed by atoms with van der Waals surface area (Å²) in [6, 6.07) is 15.9. The number of rotatable bonds is 5. The van der Waals surface area contributed by atoms with Crippen LogP contribution in [0.4, 0.5) is 0 Å². The van der Waals surface area contributed by atoms with Crippen molar-refractivity contribution in [1.29, 1.82) is 0 Å². The molecule has 1 amide bonds. The normalized spacial score (nSPS) is 15.4. The topological polar surface area (TPSA) is 47.6 Å². The third kappa shape index (κ3) is 3.88. The van der Waals surface area contributed by atoms with E-state index in [1.54, 1.807) is 0 Å². The van der Waals surface area contributed by atoms with Crippen LogP contribution in [0.2, 0.25) is 0 Å². The Balaban J connectivity index is 1.60. The second-order valence-corrected chi connectivity index (χ2v) is 6.21. The predicted molar refractivity (Wildman–Crippen MR) is 93.5 cm³/mol. The molecular weight excluding hydrogens is 302 g/mol. The molecule has 2 aromatic carbocycles. The van der Waals surface area contributed by atoms with E-state index in [4.69, 9.17) is 9.47 Å². The summed E-state index contributed by atoms with van der Waals surface area (Å²) in [6.07, 6.45) is 0.441. The van der Waals surface area contributed by atoms with Gasteiger partial charge in [0.15, 0.2) is 11.5 Å². The van der Waals surface area contributed by atoms with Crippen molar-refractivity contribution in [3.63, 3.8) is 0 Å². The molecule has 0 saturated carbocycles. The molecule has 4 heteroatoms. The lowest BCUT2D eigenvalue weighted by Gasteiger charge is -2.21. The van der Waals surface area contributed by atoms with E-state index in [-0.39, 0.29) is 17.9 Å². The van der Waals surface area contributed by atoms with Gasteiger partial charge in [-0.15, -0.1) is 0 Å². The molecule has 24 heavy (non-hydrogen) atoms. The van der Waals surface area contributed by atoms with Gasteiger partial charge in [0.1, 0.15) is 13.2 Å². The maximum absolute atomic E-state index is 12.3. The van der Waals surface area contributed by atoms with E-state index in [2.05, 4.69) is 12.2 Å². The fourth-order valence-corrected chi connectivity index (χ4v) is 2.89. The van der Waals surface area contributed by atoms with Crippen LogP contribution in [0.5, 0.6) is 11.5 Å². The van der Waals surface area contributed by atoms with Crippen molar-refractivity contribution in [1.82, 2.24) is 5.32 Å². The fourth-order valence-electron chi connectivity index (χ4n) is 2.89. The minimum Gasteiger partial charge on any atom is -0.486 e. The van der Waals surface area contributed by atoms with Gasteiger partial charge < -0.3 is 14.8 Å². The molecule has 1 aliphatic rings. The molecule has 1 aliphatic heterocycles. The first kappa shape index (κ1) is 16.4. The van der Waals surface area contributed by atoms with Crippen LogP contribution in [-0.4, -0.2) is 19.1 Å². The van der Waals surface area contributed by atoms with Crippen LogP contribution in [0, 0.1) is 0 Å². The summed E-state index contributed by atoms with van der Waals surface area (Å²) in [7, 11) is 0. The average Bonchev–Trinajstić information content (AvgIpc) is 2.61. The van der Waals surface area contributed by atoms with E-state index < -0.39 is 0 Å². The van der Waals surface area contributed by atoms with E-state index in [0.717, 1.165) is 22.6 Å². The van der Waals surface area contributed by atoms with Crippen LogP contribution >= 0.6 is 0 Å². The molecule has 126 valence electrons. The summed E-state index contributed by atoms with van der Waals surface area (Å²) in [6.45, 7) is 5.21. The Morgan fingerprint density at radius 3 is 2.46 bits per heavy atom. The molecule has 0 saturated heterocycles. The molecule has 3 rings (SSSR count). The number of hydrogen-bond acceptors (Lipinski definition) is 3. The highest BCUT2D eigenvalue weighted by atomic mass is 16.6. The lowest BCUT2D eigenvalue weighted by molar-refractivity contribution is -0.122. The number of amides is 1. The smallest absolute Gasteiger partial charge is 0.221 e. The zero-order valence-corrected chi connectivity index (χ0v) is 14.1. The van der Waals surface area contributed by atoms with Gasteiger partial charge in [0, 0.05) is 6.42 Å². The molecule has 2 aromatic rings. The molecule has 2 atom stereocenters. The molecular formula is C20H23NO3. The molecule has 0 fully saturated rings. The van der Waals surface area contributed by atoms with Crippen molar-refractivity contribution in [3.05, 3.63) is 59.7 Å². The van der Waals surface area contributed by atoms with Crippen molar-refractivity contribution < 1.29 is 14.3 Å². The second-order valence-electron chi connectivity index (χ2n) is 6.21. The summed E-state index contributed by atoms with van der Waals surface area (Å²) in [5.41, 5.74) is 2.19. The Kier molecular flexibility index (Phi) is 5.04. The van der Waals surface area contributed by atoms with Crippen molar-refractivity contribution in [2.45, 2.75) is 32.2 Å².